The second kappa shape index (κ2) is 5.05. The maximum absolute atomic E-state index is 10.3. The Bertz CT molecular complexity index is 99.2. The van der Waals surface area contributed by atoms with Gasteiger partial charge in [-0.3, -0.25) is 4.84 Å². The van der Waals surface area contributed by atoms with Gasteiger partial charge in [0.25, 0.3) is 0 Å². The molecule has 0 spiro atoms. The van der Waals surface area contributed by atoms with Crippen molar-refractivity contribution in [3.63, 3.8) is 0 Å². The van der Waals surface area contributed by atoms with E-state index in [1.807, 2.05) is 6.92 Å². The van der Waals surface area contributed by atoms with E-state index in [2.05, 4.69) is 11.8 Å². The quantitative estimate of drug-likeness (QED) is 0.605. The van der Waals surface area contributed by atoms with Crippen LogP contribution >= 0.6 is 0 Å². The minimum Gasteiger partial charge on any atom is -0.463 e. The zero-order valence-electron chi connectivity index (χ0n) is 6.04. The average Bonchev–Trinajstić information content (AvgIpc) is 1.87. The number of amides is 1. The Balaban J connectivity index is 3.61. The maximum atomic E-state index is 10.3. The van der Waals surface area contributed by atoms with E-state index in [0.29, 0.717) is 6.54 Å². The van der Waals surface area contributed by atoms with E-state index in [1.165, 1.54) is 0 Å². The largest absolute Gasteiger partial charge is 0.463 e. The summed E-state index contributed by atoms with van der Waals surface area (Å²) in [4.78, 5) is 14.9. The number of hydrogen-bond donors (Lipinski definition) is 1. The van der Waals surface area contributed by atoms with E-state index in [-0.39, 0.29) is 6.61 Å². The van der Waals surface area contributed by atoms with Gasteiger partial charge in [-0.25, -0.2) is 4.79 Å². The van der Waals surface area contributed by atoms with Crippen molar-refractivity contribution in [2.45, 2.75) is 13.3 Å². The molecule has 0 aliphatic rings. The summed E-state index contributed by atoms with van der Waals surface area (Å²) in [6.07, 6.45) is -0.322. The smallest absolute Gasteiger partial charge is 0.431 e. The Morgan fingerprint density at radius 2 is 2.40 bits per heavy atom. The molecule has 0 unspecified atom stereocenters. The Morgan fingerprint density at radius 1 is 1.80 bits per heavy atom. The number of nitrogens with zero attached hydrogens (tertiary/aromatic N) is 1. The number of rotatable bonds is 4. The van der Waals surface area contributed by atoms with Crippen LogP contribution in [0.2, 0.25) is 0 Å². The van der Waals surface area contributed by atoms with E-state index in [1.54, 1.807) is 0 Å². The van der Waals surface area contributed by atoms with Crippen molar-refractivity contribution in [1.82, 2.24) is 5.06 Å². The summed E-state index contributed by atoms with van der Waals surface area (Å²) in [6.45, 7) is 5.78. The second-order valence-electron chi connectivity index (χ2n) is 1.72. The molecule has 0 bridgehead atoms. The molecule has 10 heavy (non-hydrogen) atoms. The van der Waals surface area contributed by atoms with E-state index < -0.39 is 6.09 Å². The summed E-state index contributed by atoms with van der Waals surface area (Å²) in [5.74, 6) is 0. The predicted octanol–water partition coefficient (Wildman–Crippen LogP) is 1.14. The number of carboxylic acid groups (broad SMARTS) is 1. The van der Waals surface area contributed by atoms with Gasteiger partial charge in [-0.2, -0.15) is 5.06 Å². The first-order chi connectivity index (χ1) is 4.72. The lowest BCUT2D eigenvalue weighted by Gasteiger charge is -2.15. The molecule has 0 aromatic carbocycles. The fraction of sp³-hybridized carbons (Fsp3) is 0.667. The molecule has 0 saturated heterocycles. The Hall–Kier alpha value is -0.770. The van der Waals surface area contributed by atoms with Gasteiger partial charge < -0.3 is 5.11 Å². The highest BCUT2D eigenvalue weighted by Gasteiger charge is 2.08. The van der Waals surface area contributed by atoms with Gasteiger partial charge in [0.05, 0.1) is 13.2 Å². The molecule has 0 aliphatic carbocycles. The summed E-state index contributed by atoms with van der Waals surface area (Å²) in [6, 6.07) is 0. The minimum absolute atomic E-state index is 0.145. The topological polar surface area (TPSA) is 49.8 Å². The van der Waals surface area contributed by atoms with Gasteiger partial charge in [0.15, 0.2) is 0 Å². The van der Waals surface area contributed by atoms with Gasteiger partial charge in [0, 0.05) is 0 Å². The summed E-state index contributed by atoms with van der Waals surface area (Å²) in [5.41, 5.74) is 0. The van der Waals surface area contributed by atoms with Crippen LogP contribution in [0.25, 0.3) is 0 Å². The molecule has 1 amide bonds. The van der Waals surface area contributed by atoms with Crippen LogP contribution in [0.15, 0.2) is 0 Å². The van der Waals surface area contributed by atoms with Crippen LogP contribution in [0.1, 0.15) is 13.3 Å². The number of hydroxylamine groups is 2. The fourth-order valence-corrected chi connectivity index (χ4v) is 0.529. The van der Waals surface area contributed by atoms with Crippen LogP contribution in [0.3, 0.4) is 0 Å². The molecule has 59 valence electrons. The van der Waals surface area contributed by atoms with E-state index in [4.69, 9.17) is 5.11 Å². The minimum atomic E-state index is -1.06. The van der Waals surface area contributed by atoms with Gasteiger partial charge in [-0.1, -0.05) is 6.92 Å². The Morgan fingerprint density at radius 3 is 2.70 bits per heavy atom. The van der Waals surface area contributed by atoms with Crippen LogP contribution in [0.4, 0.5) is 4.79 Å². The van der Waals surface area contributed by atoms with Crippen LogP contribution in [-0.4, -0.2) is 29.4 Å². The average molecular weight is 146 g/mol. The molecule has 1 radical (unpaired) electrons. The zero-order chi connectivity index (χ0) is 7.98. The molecule has 0 fully saturated rings. The molecule has 0 aliphatic heterocycles. The van der Waals surface area contributed by atoms with Crippen LogP contribution < -0.4 is 0 Å². The third-order valence-electron chi connectivity index (χ3n) is 0.887. The van der Waals surface area contributed by atoms with Crippen molar-refractivity contribution in [3.8, 4) is 0 Å². The normalized spacial score (nSPS) is 9.40. The molecular weight excluding hydrogens is 134 g/mol. The van der Waals surface area contributed by atoms with Crippen molar-refractivity contribution in [3.05, 3.63) is 6.92 Å². The van der Waals surface area contributed by atoms with E-state index in [9.17, 15) is 4.79 Å². The van der Waals surface area contributed by atoms with Crippen LogP contribution in [-0.2, 0) is 4.84 Å². The summed E-state index contributed by atoms with van der Waals surface area (Å²) < 4.78 is 0. The molecule has 0 heterocycles. The SMILES string of the molecule is [CH2]CON(CCC)C(=O)O. The van der Waals surface area contributed by atoms with E-state index >= 15 is 0 Å². The van der Waals surface area contributed by atoms with Gasteiger partial charge in [-0.15, -0.1) is 0 Å². The van der Waals surface area contributed by atoms with Gasteiger partial charge in [-0.05, 0) is 13.3 Å². The summed E-state index contributed by atoms with van der Waals surface area (Å²) >= 11 is 0. The highest BCUT2D eigenvalue weighted by molar-refractivity contribution is 5.63. The predicted molar refractivity (Wildman–Crippen MR) is 36.3 cm³/mol. The first-order valence-corrected chi connectivity index (χ1v) is 3.15. The van der Waals surface area contributed by atoms with Crippen molar-refractivity contribution in [2.75, 3.05) is 13.2 Å². The Labute approximate surface area is 60.3 Å². The number of hydrogen-bond acceptors (Lipinski definition) is 2. The summed E-state index contributed by atoms with van der Waals surface area (Å²) in [7, 11) is 0. The first kappa shape index (κ1) is 9.23. The molecule has 4 heteroatoms. The Kier molecular flexibility index (Phi) is 4.66. The molecule has 0 aromatic heterocycles. The maximum Gasteiger partial charge on any atom is 0.431 e. The van der Waals surface area contributed by atoms with Crippen molar-refractivity contribution in [2.24, 2.45) is 0 Å². The molecule has 0 rings (SSSR count). The lowest BCUT2D eigenvalue weighted by Crippen LogP contribution is -2.30. The molecule has 0 saturated carbocycles. The number of carbonyl (C=O) groups is 1. The lowest BCUT2D eigenvalue weighted by molar-refractivity contribution is -0.120. The summed E-state index contributed by atoms with van der Waals surface area (Å²) in [5, 5.41) is 9.29. The van der Waals surface area contributed by atoms with Crippen molar-refractivity contribution in [1.29, 1.82) is 0 Å². The third kappa shape index (κ3) is 3.29. The molecule has 0 atom stereocenters. The first-order valence-electron chi connectivity index (χ1n) is 3.15. The molecule has 0 aromatic rings. The van der Waals surface area contributed by atoms with Crippen LogP contribution in [0, 0.1) is 6.92 Å². The highest BCUT2D eigenvalue weighted by Crippen LogP contribution is 1.92. The third-order valence-corrected chi connectivity index (χ3v) is 0.887. The molecular formula is C6H12NO3. The van der Waals surface area contributed by atoms with Crippen LogP contribution in [0.5, 0.6) is 0 Å². The van der Waals surface area contributed by atoms with Gasteiger partial charge >= 0.3 is 6.09 Å². The van der Waals surface area contributed by atoms with E-state index in [0.717, 1.165) is 11.5 Å². The monoisotopic (exact) mass is 146 g/mol. The van der Waals surface area contributed by atoms with Crippen molar-refractivity contribution >= 4 is 6.09 Å². The lowest BCUT2D eigenvalue weighted by atomic mass is 10.5. The highest BCUT2D eigenvalue weighted by atomic mass is 16.7. The standard InChI is InChI=1S/C6H12NO3/c1-3-5-7(6(8)9)10-4-2/h2-5H2,1H3,(H,8,9). The fourth-order valence-electron chi connectivity index (χ4n) is 0.529. The van der Waals surface area contributed by atoms with Gasteiger partial charge in [0.1, 0.15) is 0 Å². The van der Waals surface area contributed by atoms with Gasteiger partial charge in [0.2, 0.25) is 0 Å². The molecule has 4 nitrogen and oxygen atoms in total. The van der Waals surface area contributed by atoms with Crippen molar-refractivity contribution < 1.29 is 14.7 Å². The molecule has 1 N–H and O–H groups in total. The second-order valence-corrected chi connectivity index (χ2v) is 1.72. The zero-order valence-corrected chi connectivity index (χ0v) is 6.04.